The Morgan fingerprint density at radius 3 is 2.22 bits per heavy atom. The largest absolute Gasteiger partial charge is 0.462 e. The zero-order valence-electron chi connectivity index (χ0n) is 13.3. The summed E-state index contributed by atoms with van der Waals surface area (Å²) >= 11 is 0. The van der Waals surface area contributed by atoms with Gasteiger partial charge in [0.2, 0.25) is 0 Å². The molecule has 1 aliphatic carbocycles. The van der Waals surface area contributed by atoms with E-state index in [4.69, 9.17) is 4.74 Å². The average Bonchev–Trinajstić information content (AvgIpc) is 2.93. The Bertz CT molecular complexity index is 560. The highest BCUT2D eigenvalue weighted by Gasteiger charge is 2.29. The molecule has 0 N–H and O–H groups in total. The Hall–Kier alpha value is -1.56. The van der Waals surface area contributed by atoms with Crippen molar-refractivity contribution in [3.05, 3.63) is 12.2 Å². The molecule has 23 heavy (non-hydrogen) atoms. The predicted molar refractivity (Wildman–Crippen MR) is 89.7 cm³/mol. The number of hydrogen-bond donors (Lipinski definition) is 0. The summed E-state index contributed by atoms with van der Waals surface area (Å²) < 4.78 is 5.06. The quantitative estimate of drug-likeness (QED) is 0.434. The van der Waals surface area contributed by atoms with Gasteiger partial charge in [0, 0.05) is 19.3 Å². The van der Waals surface area contributed by atoms with Gasteiger partial charge in [-0.15, -0.1) is 0 Å². The molecule has 0 amide bonds. The number of rotatable bonds is 5. The minimum Gasteiger partial charge on any atom is -0.462 e. The highest BCUT2D eigenvalue weighted by atomic mass is 32.2. The minimum absolute atomic E-state index is 0.0663. The third-order valence-electron chi connectivity index (χ3n) is 3.94. The van der Waals surface area contributed by atoms with Crippen LogP contribution in [0.25, 0.3) is 0 Å². The van der Waals surface area contributed by atoms with Crippen molar-refractivity contribution >= 4 is 38.7 Å². The van der Waals surface area contributed by atoms with Crippen LogP contribution in [0.2, 0.25) is 0 Å². The zero-order chi connectivity index (χ0) is 16.8. The SMILES string of the molecule is CCOC(=O)C(C(=O)CC1CC(=O)C=CC(=O)C1)=S1CCCC1. The van der Waals surface area contributed by atoms with Crippen LogP contribution in [0.15, 0.2) is 12.2 Å². The van der Waals surface area contributed by atoms with Gasteiger partial charge in [0.1, 0.15) is 4.86 Å². The fourth-order valence-electron chi connectivity index (χ4n) is 2.91. The molecule has 1 fully saturated rings. The first kappa shape index (κ1) is 17.8. The van der Waals surface area contributed by atoms with Gasteiger partial charge in [-0.3, -0.25) is 14.4 Å². The number of carbonyl (C=O) groups is 4. The molecule has 126 valence electrons. The second-order valence-electron chi connectivity index (χ2n) is 5.83. The minimum atomic E-state index is -0.521. The van der Waals surface area contributed by atoms with E-state index in [1.54, 1.807) is 6.92 Å². The zero-order valence-corrected chi connectivity index (χ0v) is 14.2. The topological polar surface area (TPSA) is 77.5 Å². The molecule has 0 aromatic rings. The Morgan fingerprint density at radius 2 is 1.70 bits per heavy atom. The van der Waals surface area contributed by atoms with Crippen molar-refractivity contribution in [3.63, 3.8) is 0 Å². The van der Waals surface area contributed by atoms with E-state index in [1.807, 2.05) is 0 Å². The Morgan fingerprint density at radius 1 is 1.13 bits per heavy atom. The molecule has 1 saturated heterocycles. The summed E-state index contributed by atoms with van der Waals surface area (Å²) in [6, 6.07) is 0. The van der Waals surface area contributed by atoms with Crippen molar-refractivity contribution in [2.24, 2.45) is 5.92 Å². The van der Waals surface area contributed by atoms with Gasteiger partial charge < -0.3 is 4.74 Å². The molecular weight excluding hydrogens is 316 g/mol. The maximum absolute atomic E-state index is 12.7. The summed E-state index contributed by atoms with van der Waals surface area (Å²) in [5.74, 6) is 0.319. The van der Waals surface area contributed by atoms with Crippen LogP contribution in [0.5, 0.6) is 0 Å². The summed E-state index contributed by atoms with van der Waals surface area (Å²) in [4.78, 5) is 48.4. The van der Waals surface area contributed by atoms with E-state index in [0.717, 1.165) is 24.3 Å². The molecule has 0 spiro atoms. The van der Waals surface area contributed by atoms with Crippen molar-refractivity contribution in [1.29, 1.82) is 0 Å². The van der Waals surface area contributed by atoms with Gasteiger partial charge >= 0.3 is 5.97 Å². The number of ketones is 3. The standard InChI is InChI=1S/C17H22O5S/c1-2-22-17(21)16(23-7-3-4-8-23)15(20)11-12-9-13(18)5-6-14(19)10-12/h5-6,12H,2-4,7-11H2,1H3. The van der Waals surface area contributed by atoms with E-state index in [2.05, 4.69) is 0 Å². The third kappa shape index (κ3) is 4.96. The Kier molecular flexibility index (Phi) is 6.45. The second-order valence-corrected chi connectivity index (χ2v) is 8.04. The lowest BCUT2D eigenvalue weighted by molar-refractivity contribution is -0.135. The van der Waals surface area contributed by atoms with E-state index in [-0.39, 0.29) is 64.5 Å². The highest BCUT2D eigenvalue weighted by molar-refractivity contribution is 8.18. The van der Waals surface area contributed by atoms with Crippen LogP contribution in [-0.4, -0.2) is 46.3 Å². The average molecular weight is 338 g/mol. The molecule has 0 aromatic heterocycles. The number of Topliss-reactive ketones (excluding diaryl/α,β-unsaturated/α-hetero) is 1. The van der Waals surface area contributed by atoms with E-state index in [1.165, 1.54) is 12.2 Å². The first-order valence-corrected chi connectivity index (χ1v) is 9.56. The Labute approximate surface area is 138 Å². The summed E-state index contributed by atoms with van der Waals surface area (Å²) in [5, 5.41) is 0. The van der Waals surface area contributed by atoms with Crippen molar-refractivity contribution in [3.8, 4) is 0 Å². The molecule has 5 nitrogen and oxygen atoms in total. The van der Waals surface area contributed by atoms with Gasteiger partial charge in [0.15, 0.2) is 17.3 Å². The van der Waals surface area contributed by atoms with Crippen molar-refractivity contribution in [2.45, 2.75) is 39.0 Å². The van der Waals surface area contributed by atoms with Gasteiger partial charge in [0.05, 0.1) is 6.61 Å². The van der Waals surface area contributed by atoms with Crippen LogP contribution in [0, 0.1) is 5.92 Å². The van der Waals surface area contributed by atoms with Crippen LogP contribution in [0.1, 0.15) is 39.0 Å². The monoisotopic (exact) mass is 338 g/mol. The van der Waals surface area contributed by atoms with Crippen LogP contribution >= 0.6 is 10.5 Å². The summed E-state index contributed by atoms with van der Waals surface area (Å²) in [7, 11) is -0.346. The van der Waals surface area contributed by atoms with Crippen molar-refractivity contribution in [2.75, 3.05) is 18.1 Å². The lowest BCUT2D eigenvalue weighted by Gasteiger charge is -2.15. The predicted octanol–water partition coefficient (Wildman–Crippen LogP) is 1.85. The summed E-state index contributed by atoms with van der Waals surface area (Å²) in [6.45, 7) is 1.95. The summed E-state index contributed by atoms with van der Waals surface area (Å²) in [6.07, 6.45) is 5.02. The molecular formula is C17H22O5S. The first-order valence-electron chi connectivity index (χ1n) is 7.99. The molecule has 0 atom stereocenters. The van der Waals surface area contributed by atoms with Gasteiger partial charge in [-0.25, -0.2) is 4.79 Å². The van der Waals surface area contributed by atoms with Gasteiger partial charge in [0.25, 0.3) is 0 Å². The van der Waals surface area contributed by atoms with Gasteiger partial charge in [-0.2, -0.15) is 10.5 Å². The van der Waals surface area contributed by atoms with Crippen molar-refractivity contribution < 1.29 is 23.9 Å². The molecule has 2 rings (SSSR count). The van der Waals surface area contributed by atoms with E-state index in [0.29, 0.717) is 0 Å². The lowest BCUT2D eigenvalue weighted by Crippen LogP contribution is -2.29. The van der Waals surface area contributed by atoms with Crippen LogP contribution in [-0.2, 0) is 23.9 Å². The smallest absolute Gasteiger partial charge is 0.347 e. The fourth-order valence-corrected chi connectivity index (χ4v) is 5.33. The lowest BCUT2D eigenvalue weighted by atomic mass is 9.92. The number of ether oxygens (including phenoxy) is 1. The normalized spacial score (nSPS) is 19.7. The molecule has 1 heterocycles. The van der Waals surface area contributed by atoms with Crippen LogP contribution < -0.4 is 0 Å². The number of allylic oxidation sites excluding steroid dienone is 2. The number of esters is 1. The number of carbonyl (C=O) groups excluding carboxylic acids is 4. The third-order valence-corrected chi connectivity index (χ3v) is 6.48. The summed E-state index contributed by atoms with van der Waals surface area (Å²) in [5.41, 5.74) is 0. The van der Waals surface area contributed by atoms with E-state index < -0.39 is 5.97 Å². The van der Waals surface area contributed by atoms with Crippen LogP contribution in [0.3, 0.4) is 0 Å². The molecule has 0 aromatic carbocycles. The maximum atomic E-state index is 12.7. The van der Waals surface area contributed by atoms with Crippen LogP contribution in [0.4, 0.5) is 0 Å². The molecule has 0 bridgehead atoms. The molecule has 0 saturated carbocycles. The highest BCUT2D eigenvalue weighted by Crippen LogP contribution is 2.29. The number of hydrogen-bond acceptors (Lipinski definition) is 5. The molecule has 2 aliphatic rings. The van der Waals surface area contributed by atoms with E-state index in [9.17, 15) is 19.2 Å². The maximum Gasteiger partial charge on any atom is 0.347 e. The van der Waals surface area contributed by atoms with Crippen molar-refractivity contribution in [1.82, 2.24) is 0 Å². The van der Waals surface area contributed by atoms with Gasteiger partial charge in [-0.1, -0.05) is 0 Å². The molecule has 0 radical (unpaired) electrons. The molecule has 6 heteroatoms. The fraction of sp³-hybridized carbons (Fsp3) is 0.588. The molecule has 0 unspecified atom stereocenters. The molecule has 1 aliphatic heterocycles. The Balaban J connectivity index is 2.15. The van der Waals surface area contributed by atoms with E-state index >= 15 is 0 Å². The van der Waals surface area contributed by atoms with Gasteiger partial charge in [-0.05, 0) is 49.3 Å². The first-order chi connectivity index (χ1) is 11.0. The second kappa shape index (κ2) is 8.34.